The highest BCUT2D eigenvalue weighted by Gasteiger charge is 2.46. The van der Waals surface area contributed by atoms with Crippen LogP contribution in [0.2, 0.25) is 0 Å². The van der Waals surface area contributed by atoms with Crippen molar-refractivity contribution in [2.45, 2.75) is 325 Å². The number of carbonyl (C=O) groups excluding carboxylic acids is 8. The Balaban J connectivity index is 1.20. The van der Waals surface area contributed by atoms with Gasteiger partial charge in [0.05, 0.1) is 69.5 Å². The number of ketones is 2. The van der Waals surface area contributed by atoms with Crippen molar-refractivity contribution in [3.05, 3.63) is 0 Å². The highest BCUT2D eigenvalue weighted by atomic mass is 16.7. The number of methoxy groups -OCH3 is 1. The standard InChI is InChI=1S/C81H144N6O29/c1-49-40-56(48-108-6)87(43-49)67(97)31-8-7-16-34-84-77(107)55(42-59(93)58(86-66(96)30-15-23-39-112-81-53(5)71(101)75(105)63(47-91)116-81)27-11-19-33-83-65(95)29-14-22-38-111-80-52(4)70(100)74(104)62(46-90)115-80)25-10-18-35-85-76(106)54(41-57(92)26-12-20-36-109-78-50(2)68(98)72(102)60(44-88)113-78)24-9-17-32-82-64(94)28-13-21-37-110-79-51(3)69(99)73(103)61(45-89)114-79/h49-56,58,60-63,68-75,78-81,88-91,98-105H,7-48H2,1-6H3,(H,82,94)(H,83,95)(H,84,107)(H,85,106)(H,86,96)/t49-,50?,51?,52?,53?,54?,55?,56+,58?,60?,61?,62?,63?,68-,69-,70-,71-,72+,73+,74+,75+,78-,79-,80-,81-/m1/s1. The van der Waals surface area contributed by atoms with Crippen molar-refractivity contribution in [2.24, 2.45) is 41.4 Å². The van der Waals surface area contributed by atoms with E-state index in [9.17, 15) is 99.6 Å². The maximum absolute atomic E-state index is 14.7. The van der Waals surface area contributed by atoms with Gasteiger partial charge in [0, 0.05) is 147 Å². The first-order valence-electron chi connectivity index (χ1n) is 42.8. The van der Waals surface area contributed by atoms with Crippen LogP contribution in [0.25, 0.3) is 0 Å². The predicted molar refractivity (Wildman–Crippen MR) is 418 cm³/mol. The number of likely N-dealkylation sites (tertiary alicyclic amines) is 1. The molecule has 0 radical (unpaired) electrons. The second kappa shape index (κ2) is 56.1. The summed E-state index contributed by atoms with van der Waals surface area (Å²) in [5.74, 6) is -5.70. The van der Waals surface area contributed by atoms with E-state index in [1.165, 1.54) is 0 Å². The van der Waals surface area contributed by atoms with Crippen molar-refractivity contribution in [2.75, 3.05) is 99.3 Å². The molecule has 672 valence electrons. The highest BCUT2D eigenvalue weighted by molar-refractivity contribution is 5.92. The van der Waals surface area contributed by atoms with Gasteiger partial charge in [-0.05, 0) is 121 Å². The summed E-state index contributed by atoms with van der Waals surface area (Å²) in [4.78, 5) is 112. The van der Waals surface area contributed by atoms with Crippen LogP contribution in [-0.4, -0.2) is 323 Å². The summed E-state index contributed by atoms with van der Waals surface area (Å²) < 4.78 is 51.3. The van der Waals surface area contributed by atoms with Gasteiger partial charge in [-0.2, -0.15) is 0 Å². The van der Waals surface area contributed by atoms with Crippen LogP contribution < -0.4 is 26.6 Å². The molecule has 116 heavy (non-hydrogen) atoms. The third-order valence-electron chi connectivity index (χ3n) is 23.0. The predicted octanol–water partition coefficient (Wildman–Crippen LogP) is 0.0895. The van der Waals surface area contributed by atoms with E-state index in [1.54, 1.807) is 34.8 Å². The molecule has 5 heterocycles. The fraction of sp³-hybridized carbons (Fsp3) is 0.901. The normalized spacial score (nSPS) is 30.3. The Bertz CT molecular complexity index is 2820. The van der Waals surface area contributed by atoms with Crippen molar-refractivity contribution in [1.82, 2.24) is 31.5 Å². The van der Waals surface area contributed by atoms with Crippen LogP contribution >= 0.6 is 0 Å². The van der Waals surface area contributed by atoms with Gasteiger partial charge in [0.1, 0.15) is 54.6 Å². The molecule has 5 rings (SSSR count). The van der Waals surface area contributed by atoms with Crippen molar-refractivity contribution in [1.29, 1.82) is 0 Å². The summed E-state index contributed by atoms with van der Waals surface area (Å²) in [6.07, 6.45) is -7.60. The third-order valence-corrected chi connectivity index (χ3v) is 23.0. The average Bonchev–Trinajstić information content (AvgIpc) is 1.21. The second-order valence-corrected chi connectivity index (χ2v) is 32.6. The van der Waals surface area contributed by atoms with E-state index < -0.39 is 178 Å². The Labute approximate surface area is 683 Å². The zero-order valence-electron chi connectivity index (χ0n) is 69.4. The third kappa shape index (κ3) is 35.0. The summed E-state index contributed by atoms with van der Waals surface area (Å²) in [6, 6.07) is -1.01. The summed E-state index contributed by atoms with van der Waals surface area (Å²) in [7, 11) is 1.62. The van der Waals surface area contributed by atoms with Crippen molar-refractivity contribution >= 4 is 47.0 Å². The quantitative estimate of drug-likeness (QED) is 0.0359. The molecule has 5 aliphatic rings. The number of ether oxygens (including phenoxy) is 9. The molecule has 35 nitrogen and oxygen atoms in total. The number of aliphatic hydroxyl groups excluding tert-OH is 12. The van der Waals surface area contributed by atoms with E-state index in [1.807, 2.05) is 4.90 Å². The van der Waals surface area contributed by atoms with Crippen LogP contribution in [0.1, 0.15) is 214 Å². The van der Waals surface area contributed by atoms with Crippen molar-refractivity contribution in [3.8, 4) is 0 Å². The number of nitrogens with zero attached hydrogens (tertiary/aromatic N) is 1. The van der Waals surface area contributed by atoms with Gasteiger partial charge in [0.2, 0.25) is 35.4 Å². The first kappa shape index (κ1) is 102. The van der Waals surface area contributed by atoms with E-state index in [0.717, 1.165) is 6.42 Å². The molecule has 0 aromatic carbocycles. The Morgan fingerprint density at radius 2 is 0.741 bits per heavy atom. The second-order valence-electron chi connectivity index (χ2n) is 32.6. The molecular weight excluding hydrogens is 1520 g/mol. The smallest absolute Gasteiger partial charge is 0.223 e. The Kier molecular flexibility index (Phi) is 49.3. The van der Waals surface area contributed by atoms with Gasteiger partial charge >= 0.3 is 0 Å². The minimum atomic E-state index is -1.30. The Morgan fingerprint density at radius 1 is 0.397 bits per heavy atom. The number of aliphatic hydroxyl groups is 12. The first-order chi connectivity index (χ1) is 55.6. The molecule has 5 aliphatic heterocycles. The molecule has 0 saturated carbocycles. The molecule has 0 spiro atoms. The van der Waals surface area contributed by atoms with E-state index in [0.29, 0.717) is 148 Å². The number of nitrogens with one attached hydrogen (secondary N) is 5. The van der Waals surface area contributed by atoms with Gasteiger partial charge in [0.15, 0.2) is 30.9 Å². The maximum Gasteiger partial charge on any atom is 0.223 e. The molecule has 0 aromatic rings. The van der Waals surface area contributed by atoms with Crippen LogP contribution in [0, 0.1) is 41.4 Å². The fourth-order valence-corrected chi connectivity index (χ4v) is 15.4. The molecule has 0 aliphatic carbocycles. The Morgan fingerprint density at radius 3 is 1.13 bits per heavy atom. The zero-order valence-corrected chi connectivity index (χ0v) is 69.4. The minimum Gasteiger partial charge on any atom is -0.394 e. The number of hydrogen-bond donors (Lipinski definition) is 17. The van der Waals surface area contributed by atoms with Crippen LogP contribution in [0.15, 0.2) is 0 Å². The average molecular weight is 1670 g/mol. The lowest BCUT2D eigenvalue weighted by molar-refractivity contribution is -0.282. The van der Waals surface area contributed by atoms with Crippen molar-refractivity contribution in [3.63, 3.8) is 0 Å². The van der Waals surface area contributed by atoms with Gasteiger partial charge in [-0.15, -0.1) is 0 Å². The van der Waals surface area contributed by atoms with E-state index in [-0.39, 0.29) is 139 Å². The number of amides is 6. The number of carbonyl (C=O) groups is 8. The van der Waals surface area contributed by atoms with Gasteiger partial charge in [-0.1, -0.05) is 53.9 Å². The topological polar surface area (TPSA) is 526 Å². The first-order valence-corrected chi connectivity index (χ1v) is 42.8. The lowest BCUT2D eigenvalue weighted by atomic mass is 9.90. The minimum absolute atomic E-state index is 0.0111. The number of hydrogen-bond acceptors (Lipinski definition) is 29. The lowest BCUT2D eigenvalue weighted by Crippen LogP contribution is -2.55. The van der Waals surface area contributed by atoms with Crippen LogP contribution in [0.3, 0.4) is 0 Å². The Hall–Kier alpha value is -4.68. The molecule has 5 fully saturated rings. The van der Waals surface area contributed by atoms with Crippen LogP contribution in [0.5, 0.6) is 0 Å². The van der Waals surface area contributed by atoms with Crippen LogP contribution in [-0.2, 0) is 81.0 Å². The number of unbranched alkanes of at least 4 members (excludes halogenated alkanes) is 9. The maximum atomic E-state index is 14.7. The highest BCUT2D eigenvalue weighted by Crippen LogP contribution is 2.32. The molecule has 35 heteroatoms. The summed E-state index contributed by atoms with van der Waals surface area (Å²) >= 11 is 0. The molecule has 11 unspecified atom stereocenters. The molecule has 17 N–H and O–H groups in total. The summed E-state index contributed by atoms with van der Waals surface area (Å²) in [6.45, 7) is 9.46. The largest absolute Gasteiger partial charge is 0.394 e. The van der Waals surface area contributed by atoms with E-state index in [2.05, 4.69) is 33.5 Å². The van der Waals surface area contributed by atoms with Gasteiger partial charge in [0.25, 0.3) is 0 Å². The molecule has 0 aromatic heterocycles. The molecule has 5 saturated heterocycles. The SMILES string of the molecule is COC[C@@H]1C[C@@H](C)CN1C(=O)CCCCCNC(=O)C(CCCCNC(=O)C(CCCCNC(=O)CCCCO[C@@H]1OC(CO)[C@H](O)[C@H](O)C1C)CC(=O)CCCCO[C@@H]1OC(CO)[C@H](O)[C@H](O)C1C)CC(=O)C(CCCCNC(=O)CCCCO[C@@H]1OC(CO)[C@H](O)[C@H](O)C1C)NC(=O)CCCCO[C@@H]1OC(CO)[C@H](O)[C@H](O)C1C. The number of rotatable bonds is 59. The lowest BCUT2D eigenvalue weighted by Gasteiger charge is -2.40. The molecule has 6 amide bonds. The van der Waals surface area contributed by atoms with E-state index in [4.69, 9.17) is 42.6 Å². The van der Waals surface area contributed by atoms with Crippen LogP contribution in [0.4, 0.5) is 0 Å². The zero-order chi connectivity index (χ0) is 85.2. The van der Waals surface area contributed by atoms with Gasteiger partial charge in [-0.25, -0.2) is 0 Å². The molecule has 0 bridgehead atoms. The molecule has 25 atom stereocenters. The van der Waals surface area contributed by atoms with Gasteiger partial charge < -0.3 is 135 Å². The molecular formula is C81H144N6O29. The van der Waals surface area contributed by atoms with Gasteiger partial charge in [-0.3, -0.25) is 38.4 Å². The monoisotopic (exact) mass is 1660 g/mol. The summed E-state index contributed by atoms with van der Waals surface area (Å²) in [5.41, 5.74) is 0. The fourth-order valence-electron chi connectivity index (χ4n) is 15.4. The number of Topliss-reactive ketones (excluding diaryl/α,β-unsaturated/α-hetero) is 2. The van der Waals surface area contributed by atoms with Crippen molar-refractivity contribution < 1.29 is 142 Å². The summed E-state index contributed by atoms with van der Waals surface area (Å²) in [5, 5.41) is 136. The van der Waals surface area contributed by atoms with E-state index >= 15 is 0 Å².